The lowest BCUT2D eigenvalue weighted by Gasteiger charge is -2.33. The predicted octanol–water partition coefficient (Wildman–Crippen LogP) is 4.00. The molecule has 30 heavy (non-hydrogen) atoms. The van der Waals surface area contributed by atoms with Gasteiger partial charge in [-0.3, -0.25) is 15.3 Å². The van der Waals surface area contributed by atoms with Crippen LogP contribution in [0.5, 0.6) is 5.75 Å². The van der Waals surface area contributed by atoms with E-state index in [1.807, 2.05) is 30.5 Å². The summed E-state index contributed by atoms with van der Waals surface area (Å²) in [7, 11) is 1.67. The van der Waals surface area contributed by atoms with Gasteiger partial charge in [0.15, 0.2) is 0 Å². The highest BCUT2D eigenvalue weighted by molar-refractivity contribution is 5.66. The predicted molar refractivity (Wildman–Crippen MR) is 117 cm³/mol. The summed E-state index contributed by atoms with van der Waals surface area (Å²) < 4.78 is 5.37. The molecule has 148 valence electrons. The highest BCUT2D eigenvalue weighted by Gasteiger charge is 2.45. The van der Waals surface area contributed by atoms with Crippen LogP contribution in [-0.2, 0) is 5.54 Å². The van der Waals surface area contributed by atoms with E-state index in [9.17, 15) is 0 Å². The number of benzene rings is 2. The normalized spacial score (nSPS) is 20.0. The molecule has 1 aliphatic rings. The monoisotopic (exact) mass is 394 g/mol. The van der Waals surface area contributed by atoms with Gasteiger partial charge in [0.1, 0.15) is 11.9 Å². The van der Waals surface area contributed by atoms with Gasteiger partial charge < -0.3 is 10.5 Å². The Labute approximate surface area is 175 Å². The van der Waals surface area contributed by atoms with Gasteiger partial charge in [-0.2, -0.15) is 0 Å². The van der Waals surface area contributed by atoms with E-state index in [4.69, 9.17) is 10.5 Å². The maximum Gasteiger partial charge on any atom is 0.118 e. The number of aromatic nitrogens is 2. The highest BCUT2D eigenvalue weighted by atomic mass is 16.5. The fourth-order valence-electron chi connectivity index (χ4n) is 4.31. The Hall–Kier alpha value is -3.54. The molecular weight excluding hydrogens is 372 g/mol. The van der Waals surface area contributed by atoms with Crippen molar-refractivity contribution in [2.45, 2.75) is 11.7 Å². The molecule has 2 aromatic heterocycles. The van der Waals surface area contributed by atoms with Crippen molar-refractivity contribution < 1.29 is 4.74 Å². The first-order chi connectivity index (χ1) is 14.7. The summed E-state index contributed by atoms with van der Waals surface area (Å²) in [5, 5.41) is 3.64. The number of hydrogen-bond acceptors (Lipinski definition) is 5. The zero-order chi connectivity index (χ0) is 20.6. The molecule has 5 rings (SSSR count). The van der Waals surface area contributed by atoms with Crippen molar-refractivity contribution in [1.29, 1.82) is 0 Å². The second kappa shape index (κ2) is 7.37. The molecule has 1 aliphatic heterocycles. The molecule has 0 saturated carbocycles. The Morgan fingerprint density at radius 3 is 2.47 bits per heavy atom. The van der Waals surface area contributed by atoms with Crippen molar-refractivity contribution in [3.05, 3.63) is 114 Å². The summed E-state index contributed by atoms with van der Waals surface area (Å²) in [6.45, 7) is 0. The minimum atomic E-state index is -0.618. The number of methoxy groups -OCH3 is 1. The molecule has 4 aromatic rings. The first-order valence-electron chi connectivity index (χ1n) is 9.86. The van der Waals surface area contributed by atoms with E-state index in [1.165, 1.54) is 0 Å². The summed E-state index contributed by atoms with van der Waals surface area (Å²) in [5.74, 6) is 0.812. The van der Waals surface area contributed by atoms with Gasteiger partial charge in [0.2, 0.25) is 0 Å². The van der Waals surface area contributed by atoms with Gasteiger partial charge in [0, 0.05) is 24.2 Å². The van der Waals surface area contributed by atoms with Gasteiger partial charge in [-0.25, -0.2) is 0 Å². The van der Waals surface area contributed by atoms with Crippen LogP contribution in [0.4, 0.5) is 0 Å². The van der Waals surface area contributed by atoms with E-state index in [-0.39, 0.29) is 6.17 Å². The minimum Gasteiger partial charge on any atom is -0.497 e. The van der Waals surface area contributed by atoms with E-state index in [1.54, 1.807) is 19.5 Å². The number of hydrogen-bond donors (Lipinski definition) is 2. The van der Waals surface area contributed by atoms with Crippen molar-refractivity contribution in [3.63, 3.8) is 0 Å². The molecular formula is C25H22N4O. The van der Waals surface area contributed by atoms with Crippen LogP contribution >= 0.6 is 0 Å². The summed E-state index contributed by atoms with van der Waals surface area (Å²) in [6, 6.07) is 24.7. The largest absolute Gasteiger partial charge is 0.497 e. The lowest BCUT2D eigenvalue weighted by molar-refractivity contribution is 0.413. The number of ether oxygens (including phenoxy) is 1. The molecule has 0 spiro atoms. The average molecular weight is 394 g/mol. The average Bonchev–Trinajstić information content (AvgIpc) is 3.13. The van der Waals surface area contributed by atoms with Crippen LogP contribution in [0.1, 0.15) is 28.6 Å². The van der Waals surface area contributed by atoms with Crippen LogP contribution < -0.4 is 15.8 Å². The van der Waals surface area contributed by atoms with Crippen LogP contribution in [0.2, 0.25) is 0 Å². The first kappa shape index (κ1) is 18.5. The molecule has 2 unspecified atom stereocenters. The molecule has 0 fully saturated rings. The maximum atomic E-state index is 6.49. The molecule has 5 heteroatoms. The van der Waals surface area contributed by atoms with Gasteiger partial charge in [0.05, 0.1) is 18.3 Å². The number of nitrogens with zero attached hydrogens (tertiary/aromatic N) is 2. The Morgan fingerprint density at radius 1 is 0.900 bits per heavy atom. The third-order valence-electron chi connectivity index (χ3n) is 5.72. The fourth-order valence-corrected chi connectivity index (χ4v) is 4.31. The molecule has 2 aromatic carbocycles. The number of pyridine rings is 2. The van der Waals surface area contributed by atoms with Gasteiger partial charge >= 0.3 is 0 Å². The third-order valence-corrected chi connectivity index (χ3v) is 5.72. The van der Waals surface area contributed by atoms with Gasteiger partial charge in [-0.1, -0.05) is 42.5 Å². The van der Waals surface area contributed by atoms with Gasteiger partial charge in [-0.15, -0.1) is 0 Å². The van der Waals surface area contributed by atoms with E-state index in [0.717, 1.165) is 39.3 Å². The standard InChI is InChI=1S/C25H22N4O/c1-30-21-11-9-19(10-12-21)25(22-8-4-14-28-23(22)24(26)29-25)20-7-2-5-17(15-20)18-6-3-13-27-16-18/h2-16,24,29H,26H2,1H3. The number of fused-ring (bicyclic) bond motifs is 1. The summed E-state index contributed by atoms with van der Waals surface area (Å²) in [4.78, 5) is 8.85. The summed E-state index contributed by atoms with van der Waals surface area (Å²) in [5.41, 5.74) is 12.1. The third kappa shape index (κ3) is 2.87. The lowest BCUT2D eigenvalue weighted by Crippen LogP contribution is -2.42. The van der Waals surface area contributed by atoms with Crippen LogP contribution in [0, 0.1) is 0 Å². The van der Waals surface area contributed by atoms with Gasteiger partial charge in [0.25, 0.3) is 0 Å². The van der Waals surface area contributed by atoms with E-state index >= 15 is 0 Å². The molecule has 5 nitrogen and oxygen atoms in total. The second-order valence-corrected chi connectivity index (χ2v) is 7.36. The van der Waals surface area contributed by atoms with Crippen molar-refractivity contribution in [2.24, 2.45) is 5.73 Å². The van der Waals surface area contributed by atoms with Crippen molar-refractivity contribution in [1.82, 2.24) is 15.3 Å². The zero-order valence-electron chi connectivity index (χ0n) is 16.6. The molecule has 0 radical (unpaired) electrons. The lowest BCUT2D eigenvalue weighted by atomic mass is 9.78. The fraction of sp³-hybridized carbons (Fsp3) is 0.120. The topological polar surface area (TPSA) is 73.1 Å². The number of rotatable bonds is 4. The molecule has 3 N–H and O–H groups in total. The van der Waals surface area contributed by atoms with Crippen molar-refractivity contribution in [2.75, 3.05) is 7.11 Å². The molecule has 2 atom stereocenters. The first-order valence-corrected chi connectivity index (χ1v) is 9.86. The Balaban J connectivity index is 1.75. The Morgan fingerprint density at radius 2 is 1.70 bits per heavy atom. The van der Waals surface area contributed by atoms with Gasteiger partial charge in [-0.05, 0) is 52.6 Å². The molecule has 0 bridgehead atoms. The highest BCUT2D eigenvalue weighted by Crippen LogP contribution is 2.45. The number of nitrogens with one attached hydrogen (secondary N) is 1. The number of nitrogens with two attached hydrogens (primary N) is 1. The summed E-state index contributed by atoms with van der Waals surface area (Å²) in [6.07, 6.45) is 5.08. The second-order valence-electron chi connectivity index (χ2n) is 7.36. The van der Waals surface area contributed by atoms with Crippen LogP contribution in [0.15, 0.2) is 91.4 Å². The molecule has 3 heterocycles. The SMILES string of the molecule is COc1ccc(C2(c3cccc(-c4cccnc4)c3)NC(N)c3ncccc32)cc1. The minimum absolute atomic E-state index is 0.370. The van der Waals surface area contributed by atoms with E-state index in [2.05, 4.69) is 63.8 Å². The smallest absolute Gasteiger partial charge is 0.118 e. The van der Waals surface area contributed by atoms with Crippen molar-refractivity contribution in [3.8, 4) is 16.9 Å². The van der Waals surface area contributed by atoms with Crippen molar-refractivity contribution >= 4 is 0 Å². The Kier molecular flexibility index (Phi) is 4.54. The molecule has 0 amide bonds. The van der Waals surface area contributed by atoms with Crippen LogP contribution in [0.3, 0.4) is 0 Å². The maximum absolute atomic E-state index is 6.49. The molecule has 0 saturated heterocycles. The quantitative estimate of drug-likeness (QED) is 0.547. The molecule has 0 aliphatic carbocycles. The van der Waals surface area contributed by atoms with E-state index in [0.29, 0.717) is 0 Å². The zero-order valence-corrected chi connectivity index (χ0v) is 16.6. The van der Waals surface area contributed by atoms with E-state index < -0.39 is 5.54 Å². The van der Waals surface area contributed by atoms with Crippen LogP contribution in [0.25, 0.3) is 11.1 Å². The summed E-state index contributed by atoms with van der Waals surface area (Å²) >= 11 is 0. The Bertz CT molecular complexity index is 1180. The van der Waals surface area contributed by atoms with Crippen LogP contribution in [-0.4, -0.2) is 17.1 Å².